The van der Waals surface area contributed by atoms with E-state index in [1.807, 2.05) is 42.3 Å². The molecule has 0 radical (unpaired) electrons. The molecule has 5 heteroatoms. The van der Waals surface area contributed by atoms with Gasteiger partial charge in [-0.25, -0.2) is 0 Å². The summed E-state index contributed by atoms with van der Waals surface area (Å²) in [5.74, 6) is -0.270. The number of rotatable bonds is 4. The van der Waals surface area contributed by atoms with Crippen LogP contribution in [0.5, 0.6) is 0 Å². The maximum atomic E-state index is 12.3. The van der Waals surface area contributed by atoms with Crippen LogP contribution in [0.2, 0.25) is 0 Å². The predicted octanol–water partition coefficient (Wildman–Crippen LogP) is 0.978. The third-order valence-electron chi connectivity index (χ3n) is 3.77. The lowest BCUT2D eigenvalue weighted by molar-refractivity contribution is -0.136. The van der Waals surface area contributed by atoms with E-state index in [9.17, 15) is 9.59 Å². The van der Waals surface area contributed by atoms with Gasteiger partial charge in [0.2, 0.25) is 11.8 Å². The Morgan fingerprint density at radius 2 is 1.77 bits per heavy atom. The second-order valence-corrected chi connectivity index (χ2v) is 5.60. The summed E-state index contributed by atoms with van der Waals surface area (Å²) < 4.78 is 0. The van der Waals surface area contributed by atoms with Crippen molar-refractivity contribution in [1.29, 1.82) is 0 Å². The van der Waals surface area contributed by atoms with Crippen LogP contribution >= 0.6 is 0 Å². The molecule has 0 aromatic heterocycles. The van der Waals surface area contributed by atoms with Crippen molar-refractivity contribution in [3.8, 4) is 0 Å². The normalized spacial score (nSPS) is 17.5. The van der Waals surface area contributed by atoms with Crippen LogP contribution < -0.4 is 5.32 Å². The van der Waals surface area contributed by atoms with Crippen LogP contribution in [-0.4, -0.2) is 60.9 Å². The number of piperazine rings is 1. The molecule has 22 heavy (non-hydrogen) atoms. The summed E-state index contributed by atoms with van der Waals surface area (Å²) in [5, 5.41) is 2.73. The summed E-state index contributed by atoms with van der Waals surface area (Å²) in [6, 6.07) is 9.09. The van der Waals surface area contributed by atoms with Crippen LogP contribution in [0.15, 0.2) is 36.4 Å². The SMILES string of the molecule is CC(NC(=O)/C=C/c1ccccc1)C(=O)N1CCN(C)CC1. The highest BCUT2D eigenvalue weighted by Crippen LogP contribution is 2.03. The fourth-order valence-corrected chi connectivity index (χ4v) is 2.36. The molecule has 5 nitrogen and oxygen atoms in total. The third-order valence-corrected chi connectivity index (χ3v) is 3.77. The quantitative estimate of drug-likeness (QED) is 0.844. The molecule has 1 N–H and O–H groups in total. The lowest BCUT2D eigenvalue weighted by atomic mass is 10.2. The van der Waals surface area contributed by atoms with E-state index in [4.69, 9.17) is 0 Å². The van der Waals surface area contributed by atoms with Gasteiger partial charge in [-0.1, -0.05) is 30.3 Å². The fourth-order valence-electron chi connectivity index (χ4n) is 2.36. The number of hydrogen-bond acceptors (Lipinski definition) is 3. The van der Waals surface area contributed by atoms with Crippen molar-refractivity contribution in [3.05, 3.63) is 42.0 Å². The highest BCUT2D eigenvalue weighted by molar-refractivity contribution is 5.95. The number of nitrogens with one attached hydrogen (secondary N) is 1. The van der Waals surface area contributed by atoms with Crippen LogP contribution in [0.4, 0.5) is 0 Å². The van der Waals surface area contributed by atoms with Crippen LogP contribution in [-0.2, 0) is 9.59 Å². The first-order chi connectivity index (χ1) is 10.6. The molecule has 1 aromatic carbocycles. The lowest BCUT2D eigenvalue weighted by Gasteiger charge is -2.34. The average Bonchev–Trinajstić information content (AvgIpc) is 2.54. The molecule has 1 aliphatic rings. The Kier molecular flexibility index (Phi) is 5.72. The highest BCUT2D eigenvalue weighted by Gasteiger charge is 2.24. The van der Waals surface area contributed by atoms with Crippen molar-refractivity contribution in [2.75, 3.05) is 33.2 Å². The van der Waals surface area contributed by atoms with Crippen molar-refractivity contribution < 1.29 is 9.59 Å². The molecule has 118 valence electrons. The highest BCUT2D eigenvalue weighted by atomic mass is 16.2. The molecular weight excluding hydrogens is 278 g/mol. The van der Waals surface area contributed by atoms with Gasteiger partial charge in [-0.05, 0) is 25.6 Å². The van der Waals surface area contributed by atoms with Gasteiger partial charge in [-0.2, -0.15) is 0 Å². The zero-order chi connectivity index (χ0) is 15.9. The molecule has 0 bridgehead atoms. The summed E-state index contributed by atoms with van der Waals surface area (Å²) in [4.78, 5) is 28.2. The summed E-state index contributed by atoms with van der Waals surface area (Å²) in [5.41, 5.74) is 0.954. The van der Waals surface area contributed by atoms with Gasteiger partial charge < -0.3 is 15.1 Å². The van der Waals surface area contributed by atoms with Gasteiger partial charge in [0.25, 0.3) is 0 Å². The molecule has 1 aliphatic heterocycles. The van der Waals surface area contributed by atoms with Crippen molar-refractivity contribution >= 4 is 17.9 Å². The number of hydrogen-bond donors (Lipinski definition) is 1. The second kappa shape index (κ2) is 7.75. The van der Waals surface area contributed by atoms with Gasteiger partial charge in [-0.15, -0.1) is 0 Å². The largest absolute Gasteiger partial charge is 0.341 e. The van der Waals surface area contributed by atoms with E-state index in [1.54, 1.807) is 13.0 Å². The van der Waals surface area contributed by atoms with Crippen LogP contribution in [0.25, 0.3) is 6.08 Å². The van der Waals surface area contributed by atoms with E-state index in [2.05, 4.69) is 10.2 Å². The molecule has 2 rings (SSSR count). The summed E-state index contributed by atoms with van der Waals surface area (Å²) in [7, 11) is 2.04. The average molecular weight is 301 g/mol. The Bertz CT molecular complexity index is 534. The molecule has 1 fully saturated rings. The zero-order valence-electron chi connectivity index (χ0n) is 13.2. The van der Waals surface area contributed by atoms with Gasteiger partial charge >= 0.3 is 0 Å². The standard InChI is InChI=1S/C17H23N3O2/c1-14(17(22)20-12-10-19(2)11-13-20)18-16(21)9-8-15-6-4-3-5-7-15/h3-9,14H,10-13H2,1-2H3,(H,18,21)/b9-8+. The number of nitrogens with zero attached hydrogens (tertiary/aromatic N) is 2. The molecule has 0 aliphatic carbocycles. The van der Waals surface area contributed by atoms with Crippen molar-refractivity contribution in [1.82, 2.24) is 15.1 Å². The molecular formula is C17H23N3O2. The topological polar surface area (TPSA) is 52.7 Å². The second-order valence-electron chi connectivity index (χ2n) is 5.60. The Balaban J connectivity index is 1.83. The van der Waals surface area contributed by atoms with E-state index in [1.165, 1.54) is 6.08 Å². The molecule has 1 aromatic rings. The minimum atomic E-state index is -0.503. The minimum absolute atomic E-state index is 0.0189. The first-order valence-corrected chi connectivity index (χ1v) is 7.57. The van der Waals surface area contributed by atoms with E-state index in [-0.39, 0.29) is 11.8 Å². The molecule has 1 saturated heterocycles. The summed E-state index contributed by atoms with van der Waals surface area (Å²) in [6.07, 6.45) is 3.20. The Morgan fingerprint density at radius 1 is 1.14 bits per heavy atom. The Labute approximate surface area is 131 Å². The lowest BCUT2D eigenvalue weighted by Crippen LogP contribution is -2.53. The van der Waals surface area contributed by atoms with E-state index in [0.29, 0.717) is 0 Å². The van der Waals surface area contributed by atoms with E-state index in [0.717, 1.165) is 31.7 Å². The number of carbonyl (C=O) groups is 2. The van der Waals surface area contributed by atoms with Crippen LogP contribution in [0.1, 0.15) is 12.5 Å². The molecule has 2 amide bonds. The summed E-state index contributed by atoms with van der Waals surface area (Å²) >= 11 is 0. The van der Waals surface area contributed by atoms with Gasteiger partial charge in [0.15, 0.2) is 0 Å². The van der Waals surface area contributed by atoms with Crippen LogP contribution in [0.3, 0.4) is 0 Å². The minimum Gasteiger partial charge on any atom is -0.341 e. The molecule has 1 unspecified atom stereocenters. The first kappa shape index (κ1) is 16.2. The first-order valence-electron chi connectivity index (χ1n) is 7.57. The third kappa shape index (κ3) is 4.70. The van der Waals surface area contributed by atoms with E-state index < -0.39 is 6.04 Å². The fraction of sp³-hybridized carbons (Fsp3) is 0.412. The molecule has 1 atom stereocenters. The van der Waals surface area contributed by atoms with E-state index >= 15 is 0 Å². The van der Waals surface area contributed by atoms with Gasteiger partial charge in [0.05, 0.1) is 0 Å². The number of amides is 2. The van der Waals surface area contributed by atoms with Gasteiger partial charge in [-0.3, -0.25) is 9.59 Å². The maximum absolute atomic E-state index is 12.3. The predicted molar refractivity (Wildman–Crippen MR) is 87.2 cm³/mol. The van der Waals surface area contributed by atoms with Gasteiger partial charge in [0.1, 0.15) is 6.04 Å². The maximum Gasteiger partial charge on any atom is 0.244 e. The monoisotopic (exact) mass is 301 g/mol. The van der Waals surface area contributed by atoms with Gasteiger partial charge in [0, 0.05) is 32.3 Å². The number of carbonyl (C=O) groups excluding carboxylic acids is 2. The number of benzene rings is 1. The summed E-state index contributed by atoms with van der Waals surface area (Å²) in [6.45, 7) is 4.92. The van der Waals surface area contributed by atoms with Crippen molar-refractivity contribution in [2.24, 2.45) is 0 Å². The Hall–Kier alpha value is -2.14. The van der Waals surface area contributed by atoms with Crippen molar-refractivity contribution in [3.63, 3.8) is 0 Å². The molecule has 0 saturated carbocycles. The molecule has 0 spiro atoms. The smallest absolute Gasteiger partial charge is 0.244 e. The zero-order valence-corrected chi connectivity index (χ0v) is 13.2. The molecule has 1 heterocycles. The Morgan fingerprint density at radius 3 is 2.41 bits per heavy atom. The van der Waals surface area contributed by atoms with Crippen molar-refractivity contribution in [2.45, 2.75) is 13.0 Å². The number of likely N-dealkylation sites (N-methyl/N-ethyl adjacent to an activating group) is 1. The van der Waals surface area contributed by atoms with Crippen LogP contribution in [0, 0.1) is 0 Å².